The second kappa shape index (κ2) is 3.39. The maximum atomic E-state index is 11.9. The van der Waals surface area contributed by atoms with Crippen molar-refractivity contribution in [2.75, 3.05) is 0 Å². The minimum absolute atomic E-state index is 0.127. The highest BCUT2D eigenvalue weighted by Crippen LogP contribution is 2.44. The second-order valence-electron chi connectivity index (χ2n) is 5.88. The topological polar surface area (TPSA) is 29.5 Å². The molecule has 1 saturated carbocycles. The highest BCUT2D eigenvalue weighted by Gasteiger charge is 2.48. The van der Waals surface area contributed by atoms with E-state index in [1.165, 1.54) is 12.8 Å². The van der Waals surface area contributed by atoms with Crippen molar-refractivity contribution >= 4 is 6.09 Å². The van der Waals surface area contributed by atoms with E-state index in [1.54, 1.807) is 0 Å². The summed E-state index contributed by atoms with van der Waals surface area (Å²) in [6.07, 6.45) is 3.61. The van der Waals surface area contributed by atoms with E-state index in [9.17, 15) is 4.79 Å². The molecule has 86 valence electrons. The molecule has 2 fully saturated rings. The number of hydrogen-bond acceptors (Lipinski definition) is 2. The van der Waals surface area contributed by atoms with E-state index in [1.807, 2.05) is 25.7 Å². The summed E-state index contributed by atoms with van der Waals surface area (Å²) in [7, 11) is 0. The molecule has 0 aromatic heterocycles. The number of carbonyl (C=O) groups excluding carboxylic acids is 1. The Labute approximate surface area is 91.8 Å². The Morgan fingerprint density at radius 1 is 1.33 bits per heavy atom. The van der Waals surface area contributed by atoms with Crippen LogP contribution in [0.2, 0.25) is 0 Å². The summed E-state index contributed by atoms with van der Waals surface area (Å²) < 4.78 is 5.41. The van der Waals surface area contributed by atoms with Gasteiger partial charge in [0.2, 0.25) is 0 Å². The van der Waals surface area contributed by atoms with Crippen LogP contribution in [0.4, 0.5) is 4.79 Å². The molecule has 15 heavy (non-hydrogen) atoms. The molecule has 0 N–H and O–H groups in total. The lowest BCUT2D eigenvalue weighted by Crippen LogP contribution is -2.59. The third-order valence-corrected chi connectivity index (χ3v) is 3.19. The SMILES string of the molecule is CC1CC(C2CC2)N1C(=O)OC(C)(C)C. The molecule has 3 nitrogen and oxygen atoms in total. The fraction of sp³-hybridized carbons (Fsp3) is 0.917. The number of rotatable bonds is 1. The predicted octanol–water partition coefficient (Wildman–Crippen LogP) is 2.79. The number of carbonyl (C=O) groups is 1. The van der Waals surface area contributed by atoms with E-state index in [-0.39, 0.29) is 11.7 Å². The van der Waals surface area contributed by atoms with Crippen molar-refractivity contribution in [1.29, 1.82) is 0 Å². The average molecular weight is 211 g/mol. The van der Waals surface area contributed by atoms with E-state index < -0.39 is 0 Å². The van der Waals surface area contributed by atoms with Gasteiger partial charge in [-0.1, -0.05) is 0 Å². The quantitative estimate of drug-likeness (QED) is 0.667. The third kappa shape index (κ3) is 2.27. The van der Waals surface area contributed by atoms with Crippen LogP contribution >= 0.6 is 0 Å². The number of likely N-dealkylation sites (tertiary alicyclic amines) is 1. The Morgan fingerprint density at radius 2 is 1.93 bits per heavy atom. The van der Waals surface area contributed by atoms with Crippen LogP contribution in [0.3, 0.4) is 0 Å². The number of amides is 1. The van der Waals surface area contributed by atoms with Gasteiger partial charge in [0.15, 0.2) is 0 Å². The van der Waals surface area contributed by atoms with Crippen LogP contribution in [0.15, 0.2) is 0 Å². The molecule has 1 aliphatic heterocycles. The van der Waals surface area contributed by atoms with Crippen LogP contribution in [0, 0.1) is 5.92 Å². The molecule has 0 bridgehead atoms. The summed E-state index contributed by atoms with van der Waals surface area (Å²) in [5, 5.41) is 0. The molecule has 1 saturated heterocycles. The van der Waals surface area contributed by atoms with Crippen LogP contribution in [0.1, 0.15) is 47.0 Å². The molecular weight excluding hydrogens is 190 g/mol. The van der Waals surface area contributed by atoms with Crippen molar-refractivity contribution in [2.45, 2.75) is 64.6 Å². The summed E-state index contributed by atoms with van der Waals surface area (Å²) in [5.74, 6) is 0.758. The largest absolute Gasteiger partial charge is 0.444 e. The molecule has 1 aliphatic carbocycles. The molecule has 1 heterocycles. The van der Waals surface area contributed by atoms with E-state index in [0.29, 0.717) is 12.1 Å². The predicted molar refractivity (Wildman–Crippen MR) is 58.7 cm³/mol. The van der Waals surface area contributed by atoms with E-state index in [0.717, 1.165) is 12.3 Å². The standard InChI is InChI=1S/C12H21NO2/c1-8-7-10(9-5-6-9)13(8)11(14)15-12(2,3)4/h8-10H,5-7H2,1-4H3. The van der Waals surface area contributed by atoms with Gasteiger partial charge in [-0.05, 0) is 52.9 Å². The maximum absolute atomic E-state index is 11.9. The molecule has 2 unspecified atom stereocenters. The van der Waals surface area contributed by atoms with Crippen LogP contribution in [0.5, 0.6) is 0 Å². The van der Waals surface area contributed by atoms with Crippen molar-refractivity contribution in [3.63, 3.8) is 0 Å². The van der Waals surface area contributed by atoms with Gasteiger partial charge in [-0.3, -0.25) is 0 Å². The Kier molecular flexibility index (Phi) is 2.44. The van der Waals surface area contributed by atoms with Crippen LogP contribution < -0.4 is 0 Å². The zero-order valence-electron chi connectivity index (χ0n) is 10.1. The molecule has 2 rings (SSSR count). The first-order valence-electron chi connectivity index (χ1n) is 5.90. The van der Waals surface area contributed by atoms with Gasteiger partial charge in [0.05, 0.1) is 0 Å². The van der Waals surface area contributed by atoms with Crippen molar-refractivity contribution in [1.82, 2.24) is 4.90 Å². The van der Waals surface area contributed by atoms with Crippen molar-refractivity contribution < 1.29 is 9.53 Å². The zero-order chi connectivity index (χ0) is 11.2. The number of hydrogen-bond donors (Lipinski definition) is 0. The molecule has 0 aromatic rings. The van der Waals surface area contributed by atoms with Crippen molar-refractivity contribution in [3.8, 4) is 0 Å². The lowest BCUT2D eigenvalue weighted by molar-refractivity contribution is -0.0323. The summed E-state index contributed by atoms with van der Waals surface area (Å²) in [5.41, 5.74) is -0.375. The fourth-order valence-corrected chi connectivity index (χ4v) is 2.30. The highest BCUT2D eigenvalue weighted by molar-refractivity contribution is 5.70. The Balaban J connectivity index is 1.93. The van der Waals surface area contributed by atoms with Gasteiger partial charge in [-0.15, -0.1) is 0 Å². The lowest BCUT2D eigenvalue weighted by Gasteiger charge is -2.47. The molecule has 0 spiro atoms. The Bertz CT molecular complexity index is 265. The summed E-state index contributed by atoms with van der Waals surface area (Å²) in [4.78, 5) is 13.8. The monoisotopic (exact) mass is 211 g/mol. The van der Waals surface area contributed by atoms with Gasteiger partial charge in [0.25, 0.3) is 0 Å². The second-order valence-corrected chi connectivity index (χ2v) is 5.88. The van der Waals surface area contributed by atoms with Gasteiger partial charge in [-0.25, -0.2) is 4.79 Å². The van der Waals surface area contributed by atoms with Crippen molar-refractivity contribution in [3.05, 3.63) is 0 Å². The van der Waals surface area contributed by atoms with Gasteiger partial charge in [-0.2, -0.15) is 0 Å². The average Bonchev–Trinajstić information content (AvgIpc) is 2.77. The molecule has 2 aliphatic rings. The molecule has 3 heteroatoms. The first kappa shape index (κ1) is 10.8. The van der Waals surface area contributed by atoms with E-state index in [4.69, 9.17) is 4.74 Å². The minimum Gasteiger partial charge on any atom is -0.444 e. The number of ether oxygens (including phenoxy) is 1. The maximum Gasteiger partial charge on any atom is 0.410 e. The molecule has 2 atom stereocenters. The van der Waals surface area contributed by atoms with E-state index >= 15 is 0 Å². The summed E-state index contributed by atoms with van der Waals surface area (Å²) in [6.45, 7) is 7.85. The Hall–Kier alpha value is -0.730. The smallest absolute Gasteiger partial charge is 0.410 e. The summed E-state index contributed by atoms with van der Waals surface area (Å²) >= 11 is 0. The van der Waals surface area contributed by atoms with Crippen LogP contribution in [-0.2, 0) is 4.74 Å². The first-order valence-corrected chi connectivity index (χ1v) is 5.90. The molecular formula is C12H21NO2. The van der Waals surface area contributed by atoms with Gasteiger partial charge in [0, 0.05) is 12.1 Å². The zero-order valence-corrected chi connectivity index (χ0v) is 10.1. The highest BCUT2D eigenvalue weighted by atomic mass is 16.6. The molecule has 0 radical (unpaired) electrons. The van der Waals surface area contributed by atoms with Crippen LogP contribution in [0.25, 0.3) is 0 Å². The number of nitrogens with zero attached hydrogens (tertiary/aromatic N) is 1. The van der Waals surface area contributed by atoms with Crippen LogP contribution in [-0.4, -0.2) is 28.7 Å². The van der Waals surface area contributed by atoms with E-state index in [2.05, 4.69) is 6.92 Å². The molecule has 0 aromatic carbocycles. The Morgan fingerprint density at radius 3 is 2.33 bits per heavy atom. The third-order valence-electron chi connectivity index (χ3n) is 3.19. The van der Waals surface area contributed by atoms with Gasteiger partial charge < -0.3 is 9.64 Å². The van der Waals surface area contributed by atoms with Crippen molar-refractivity contribution in [2.24, 2.45) is 5.92 Å². The lowest BCUT2D eigenvalue weighted by atomic mass is 9.91. The first-order chi connectivity index (χ1) is 6.88. The fourth-order valence-electron chi connectivity index (χ4n) is 2.30. The molecule has 1 amide bonds. The summed E-state index contributed by atoms with van der Waals surface area (Å²) in [6, 6.07) is 0.834. The van der Waals surface area contributed by atoms with Gasteiger partial charge >= 0.3 is 6.09 Å². The van der Waals surface area contributed by atoms with Gasteiger partial charge in [0.1, 0.15) is 5.60 Å². The minimum atomic E-state index is -0.375. The normalized spacial score (nSPS) is 31.1.